The van der Waals surface area contributed by atoms with Crippen molar-refractivity contribution in [2.45, 2.75) is 45.2 Å². The molecule has 0 radical (unpaired) electrons. The Balaban J connectivity index is 1.66. The lowest BCUT2D eigenvalue weighted by Crippen LogP contribution is -2.36. The molecule has 4 N–H and O–H groups in total. The van der Waals surface area contributed by atoms with Crippen LogP contribution < -0.4 is 11.1 Å². The predicted molar refractivity (Wildman–Crippen MR) is 115 cm³/mol. The van der Waals surface area contributed by atoms with Gasteiger partial charge < -0.3 is 20.9 Å². The van der Waals surface area contributed by atoms with Crippen molar-refractivity contribution >= 4 is 39.2 Å². The highest BCUT2D eigenvalue weighted by atomic mass is 32.1. The van der Waals surface area contributed by atoms with E-state index in [9.17, 15) is 9.59 Å². The summed E-state index contributed by atoms with van der Waals surface area (Å²) in [6.07, 6.45) is 4.47. The predicted octanol–water partition coefficient (Wildman–Crippen LogP) is 3.66. The minimum atomic E-state index is -0.550. The van der Waals surface area contributed by atoms with Crippen LogP contribution in [0, 0.1) is 6.92 Å². The highest BCUT2D eigenvalue weighted by molar-refractivity contribution is 7.13. The zero-order chi connectivity index (χ0) is 20.5. The Hall–Kier alpha value is -2.87. The number of H-pyrrole nitrogens is 1. The maximum absolute atomic E-state index is 13.3. The van der Waals surface area contributed by atoms with Crippen molar-refractivity contribution in [2.75, 3.05) is 12.4 Å². The van der Waals surface area contributed by atoms with Crippen LogP contribution in [-0.2, 0) is 6.54 Å². The first-order chi connectivity index (χ1) is 13.9. The molecule has 29 heavy (non-hydrogen) atoms. The van der Waals surface area contributed by atoms with Crippen LogP contribution in [0.25, 0.3) is 10.9 Å². The number of aromatic nitrogens is 2. The van der Waals surface area contributed by atoms with Crippen molar-refractivity contribution in [2.24, 2.45) is 5.73 Å². The first-order valence-electron chi connectivity index (χ1n) is 9.81. The Labute approximate surface area is 173 Å². The number of rotatable bonds is 6. The number of aryl methyl sites for hydroxylation is 1. The van der Waals surface area contributed by atoms with Crippen molar-refractivity contribution in [3.8, 4) is 0 Å². The molecule has 3 aromatic rings. The molecule has 1 aliphatic carbocycles. The summed E-state index contributed by atoms with van der Waals surface area (Å²) in [7, 11) is 1.90. The second kappa shape index (κ2) is 7.87. The van der Waals surface area contributed by atoms with E-state index in [1.54, 1.807) is 5.38 Å². The van der Waals surface area contributed by atoms with Crippen LogP contribution >= 0.6 is 11.3 Å². The normalized spacial score (nSPS) is 14.4. The molecule has 1 saturated carbocycles. The summed E-state index contributed by atoms with van der Waals surface area (Å²) in [6, 6.07) is 6.43. The molecule has 7 nitrogen and oxygen atoms in total. The average Bonchev–Trinajstić information content (AvgIpc) is 3.44. The molecule has 152 valence electrons. The van der Waals surface area contributed by atoms with E-state index in [4.69, 9.17) is 5.73 Å². The van der Waals surface area contributed by atoms with Crippen LogP contribution in [0.1, 0.15) is 57.8 Å². The fraction of sp³-hybridized carbons (Fsp3) is 0.381. The largest absolute Gasteiger partial charge is 0.364 e. The number of aromatic amines is 1. The van der Waals surface area contributed by atoms with Crippen LogP contribution in [0.4, 0.5) is 5.13 Å². The third kappa shape index (κ3) is 3.85. The smallest absolute Gasteiger partial charge is 0.270 e. The summed E-state index contributed by atoms with van der Waals surface area (Å²) in [4.78, 5) is 34.0. The molecule has 0 aliphatic heterocycles. The lowest BCUT2D eigenvalue weighted by Gasteiger charge is -2.24. The molecule has 0 saturated heterocycles. The first kappa shape index (κ1) is 19.4. The Morgan fingerprint density at radius 2 is 2.10 bits per heavy atom. The Bertz CT molecular complexity index is 1060. The standard InChI is InChI=1S/C21H25N5O2S/c1-12-7-8-16-14(9-12)15(10-23-21-25-17(11-29-21)19(22)27)18(24-16)20(28)26(2)13-5-3-4-6-13/h7-9,11,13,24H,3-6,10H2,1-2H3,(H2,22,27)(H,23,25). The highest BCUT2D eigenvalue weighted by Gasteiger charge is 2.27. The monoisotopic (exact) mass is 411 g/mol. The van der Waals surface area contributed by atoms with Gasteiger partial charge in [-0.2, -0.15) is 0 Å². The number of hydrogen-bond acceptors (Lipinski definition) is 5. The lowest BCUT2D eigenvalue weighted by atomic mass is 10.1. The van der Waals surface area contributed by atoms with Gasteiger partial charge in [-0.25, -0.2) is 4.98 Å². The average molecular weight is 412 g/mol. The van der Waals surface area contributed by atoms with Gasteiger partial charge in [0.15, 0.2) is 5.13 Å². The summed E-state index contributed by atoms with van der Waals surface area (Å²) >= 11 is 1.32. The number of nitrogens with one attached hydrogen (secondary N) is 2. The number of carbonyl (C=O) groups excluding carboxylic acids is 2. The van der Waals surface area contributed by atoms with Gasteiger partial charge in [-0.3, -0.25) is 9.59 Å². The molecule has 0 atom stereocenters. The molecule has 0 unspecified atom stereocenters. The van der Waals surface area contributed by atoms with Gasteiger partial charge in [0.2, 0.25) is 0 Å². The Morgan fingerprint density at radius 1 is 1.34 bits per heavy atom. The number of nitrogens with two attached hydrogens (primary N) is 1. The third-order valence-electron chi connectivity index (χ3n) is 5.64. The maximum Gasteiger partial charge on any atom is 0.270 e. The third-order valence-corrected chi connectivity index (χ3v) is 6.44. The molecular formula is C21H25N5O2S. The van der Waals surface area contributed by atoms with E-state index >= 15 is 0 Å². The van der Waals surface area contributed by atoms with E-state index in [1.807, 2.05) is 31.0 Å². The van der Waals surface area contributed by atoms with Gasteiger partial charge >= 0.3 is 0 Å². The van der Waals surface area contributed by atoms with Crippen LogP contribution in [0.3, 0.4) is 0 Å². The molecule has 1 fully saturated rings. The molecular weight excluding hydrogens is 386 g/mol. The number of carbonyl (C=O) groups is 2. The van der Waals surface area contributed by atoms with E-state index < -0.39 is 5.91 Å². The zero-order valence-corrected chi connectivity index (χ0v) is 17.4. The number of fused-ring (bicyclic) bond motifs is 1. The van der Waals surface area contributed by atoms with Crippen molar-refractivity contribution in [3.63, 3.8) is 0 Å². The van der Waals surface area contributed by atoms with Crippen LogP contribution in [-0.4, -0.2) is 39.8 Å². The SMILES string of the molecule is Cc1ccc2[nH]c(C(=O)N(C)C3CCCC3)c(CNc3nc(C(N)=O)cs3)c2c1. The number of hydrogen-bond donors (Lipinski definition) is 3. The van der Waals surface area contributed by atoms with Gasteiger partial charge in [0.1, 0.15) is 11.4 Å². The quantitative estimate of drug-likeness (QED) is 0.576. The summed E-state index contributed by atoms with van der Waals surface area (Å²) in [5, 5.41) is 6.50. The zero-order valence-electron chi connectivity index (χ0n) is 16.6. The summed E-state index contributed by atoms with van der Waals surface area (Å²) < 4.78 is 0. The van der Waals surface area contributed by atoms with Crippen LogP contribution in [0.5, 0.6) is 0 Å². The van der Waals surface area contributed by atoms with E-state index in [2.05, 4.69) is 21.4 Å². The number of amides is 2. The summed E-state index contributed by atoms with van der Waals surface area (Å²) in [5.41, 5.74) is 9.12. The number of benzene rings is 1. The molecule has 2 amide bonds. The molecule has 2 aromatic heterocycles. The fourth-order valence-electron chi connectivity index (χ4n) is 3.99. The van der Waals surface area contributed by atoms with Crippen LogP contribution in [0.2, 0.25) is 0 Å². The molecule has 0 bridgehead atoms. The van der Waals surface area contributed by atoms with E-state index in [1.165, 1.54) is 24.2 Å². The Morgan fingerprint density at radius 3 is 2.79 bits per heavy atom. The molecule has 4 rings (SSSR count). The fourth-order valence-corrected chi connectivity index (χ4v) is 4.69. The number of nitrogens with zero attached hydrogens (tertiary/aromatic N) is 2. The van der Waals surface area contributed by atoms with Gasteiger partial charge in [0.05, 0.1) is 0 Å². The minimum absolute atomic E-state index is 0.0134. The van der Waals surface area contributed by atoms with Crippen molar-refractivity contribution < 1.29 is 9.59 Å². The molecule has 1 aromatic carbocycles. The molecule has 2 heterocycles. The maximum atomic E-state index is 13.3. The number of thiazole rings is 1. The molecule has 1 aliphatic rings. The van der Waals surface area contributed by atoms with Crippen molar-refractivity contribution in [1.82, 2.24) is 14.9 Å². The van der Waals surface area contributed by atoms with E-state index in [0.717, 1.165) is 34.9 Å². The lowest BCUT2D eigenvalue weighted by molar-refractivity contribution is 0.0729. The summed E-state index contributed by atoms with van der Waals surface area (Å²) in [6.45, 7) is 2.46. The minimum Gasteiger partial charge on any atom is -0.364 e. The summed E-state index contributed by atoms with van der Waals surface area (Å²) in [5.74, 6) is -0.536. The van der Waals surface area contributed by atoms with Gasteiger partial charge in [-0.15, -0.1) is 11.3 Å². The van der Waals surface area contributed by atoms with Gasteiger partial charge in [0.25, 0.3) is 11.8 Å². The second-order valence-electron chi connectivity index (χ2n) is 7.64. The van der Waals surface area contributed by atoms with Crippen molar-refractivity contribution in [3.05, 3.63) is 46.1 Å². The number of anilines is 1. The molecule has 0 spiro atoms. The van der Waals surface area contributed by atoms with Crippen LogP contribution in [0.15, 0.2) is 23.6 Å². The van der Waals surface area contributed by atoms with Gasteiger partial charge in [0, 0.05) is 41.5 Å². The molecule has 8 heteroatoms. The van der Waals surface area contributed by atoms with E-state index in [0.29, 0.717) is 23.4 Å². The second-order valence-corrected chi connectivity index (χ2v) is 8.50. The Kier molecular flexibility index (Phi) is 5.27. The number of primary amides is 1. The van der Waals surface area contributed by atoms with Crippen molar-refractivity contribution in [1.29, 1.82) is 0 Å². The van der Waals surface area contributed by atoms with E-state index in [-0.39, 0.29) is 11.6 Å². The highest BCUT2D eigenvalue weighted by Crippen LogP contribution is 2.29. The first-order valence-corrected chi connectivity index (χ1v) is 10.7. The van der Waals surface area contributed by atoms with Gasteiger partial charge in [-0.1, -0.05) is 24.5 Å². The van der Waals surface area contributed by atoms with Gasteiger partial charge in [-0.05, 0) is 31.9 Å². The topological polar surface area (TPSA) is 104 Å².